The lowest BCUT2D eigenvalue weighted by Crippen LogP contribution is -2.37. The highest BCUT2D eigenvalue weighted by molar-refractivity contribution is 4.92. The zero-order valence-electron chi connectivity index (χ0n) is 13.9. The van der Waals surface area contributed by atoms with Gasteiger partial charge in [-0.2, -0.15) is 0 Å². The molecule has 0 amide bonds. The van der Waals surface area contributed by atoms with Crippen LogP contribution in [0.2, 0.25) is 0 Å². The topological polar surface area (TPSA) is 21.3 Å². The molecule has 3 atom stereocenters. The lowest BCUT2D eigenvalue weighted by Gasteiger charge is -2.34. The third kappa shape index (κ3) is 4.21. The third-order valence-corrected chi connectivity index (χ3v) is 5.52. The van der Waals surface area contributed by atoms with Crippen LogP contribution in [-0.2, 0) is 4.74 Å². The van der Waals surface area contributed by atoms with Gasteiger partial charge in [0, 0.05) is 6.04 Å². The van der Waals surface area contributed by atoms with E-state index in [-0.39, 0.29) is 0 Å². The Kier molecular flexibility index (Phi) is 6.35. The Morgan fingerprint density at radius 3 is 2.55 bits per heavy atom. The summed E-state index contributed by atoms with van der Waals surface area (Å²) in [6.45, 7) is 8.11. The summed E-state index contributed by atoms with van der Waals surface area (Å²) in [7, 11) is 0. The smallest absolute Gasteiger partial charge is 0.0687 e. The van der Waals surface area contributed by atoms with E-state index in [1.807, 2.05) is 0 Å². The number of ether oxygens (including phenoxy) is 1. The van der Waals surface area contributed by atoms with Crippen molar-refractivity contribution in [2.75, 3.05) is 6.54 Å². The molecule has 1 saturated heterocycles. The van der Waals surface area contributed by atoms with E-state index in [1.165, 1.54) is 64.2 Å². The zero-order valence-corrected chi connectivity index (χ0v) is 13.9. The first kappa shape index (κ1) is 16.3. The van der Waals surface area contributed by atoms with Gasteiger partial charge in [0.25, 0.3) is 0 Å². The van der Waals surface area contributed by atoms with Gasteiger partial charge in [-0.05, 0) is 57.4 Å². The summed E-state index contributed by atoms with van der Waals surface area (Å²) in [5.41, 5.74) is 0.293. The minimum absolute atomic E-state index is 0.293. The summed E-state index contributed by atoms with van der Waals surface area (Å²) >= 11 is 0. The van der Waals surface area contributed by atoms with Gasteiger partial charge in [0.2, 0.25) is 0 Å². The molecular formula is C18H35NO. The molecular weight excluding hydrogens is 246 g/mol. The van der Waals surface area contributed by atoms with E-state index < -0.39 is 0 Å². The van der Waals surface area contributed by atoms with E-state index in [4.69, 9.17) is 4.74 Å². The van der Waals surface area contributed by atoms with Crippen molar-refractivity contribution in [3.05, 3.63) is 0 Å². The van der Waals surface area contributed by atoms with Crippen LogP contribution >= 0.6 is 0 Å². The largest absolute Gasteiger partial charge is 0.372 e. The van der Waals surface area contributed by atoms with Crippen LogP contribution in [0.3, 0.4) is 0 Å². The summed E-state index contributed by atoms with van der Waals surface area (Å²) < 4.78 is 6.53. The molecule has 2 rings (SSSR count). The van der Waals surface area contributed by atoms with Gasteiger partial charge in [0.05, 0.1) is 11.7 Å². The van der Waals surface area contributed by atoms with Gasteiger partial charge in [-0.25, -0.2) is 0 Å². The minimum Gasteiger partial charge on any atom is -0.372 e. The van der Waals surface area contributed by atoms with Crippen molar-refractivity contribution in [3.8, 4) is 0 Å². The van der Waals surface area contributed by atoms with Crippen molar-refractivity contribution >= 4 is 0 Å². The van der Waals surface area contributed by atoms with Gasteiger partial charge >= 0.3 is 0 Å². The monoisotopic (exact) mass is 281 g/mol. The van der Waals surface area contributed by atoms with Crippen LogP contribution in [0, 0.1) is 5.92 Å². The molecule has 2 heteroatoms. The fraction of sp³-hybridized carbons (Fsp3) is 1.00. The fourth-order valence-electron chi connectivity index (χ4n) is 4.28. The molecule has 2 fully saturated rings. The van der Waals surface area contributed by atoms with Gasteiger partial charge in [-0.15, -0.1) is 0 Å². The van der Waals surface area contributed by atoms with Crippen LogP contribution in [0.15, 0.2) is 0 Å². The predicted molar refractivity (Wildman–Crippen MR) is 86.1 cm³/mol. The molecule has 2 aliphatic rings. The predicted octanol–water partition coefficient (Wildman–Crippen LogP) is 4.67. The molecule has 1 N–H and O–H groups in total. The fourth-order valence-corrected chi connectivity index (χ4v) is 4.28. The van der Waals surface area contributed by atoms with Crippen molar-refractivity contribution in [1.29, 1.82) is 0 Å². The molecule has 1 aliphatic carbocycles. The summed E-state index contributed by atoms with van der Waals surface area (Å²) in [5.74, 6) is 0.732. The van der Waals surface area contributed by atoms with E-state index >= 15 is 0 Å². The lowest BCUT2D eigenvalue weighted by molar-refractivity contribution is -0.0704. The Hall–Kier alpha value is -0.0800. The van der Waals surface area contributed by atoms with Crippen LogP contribution in [-0.4, -0.2) is 24.3 Å². The Balaban J connectivity index is 1.78. The number of hydrogen-bond acceptors (Lipinski definition) is 2. The Labute approximate surface area is 126 Å². The van der Waals surface area contributed by atoms with Crippen molar-refractivity contribution in [2.45, 2.75) is 103 Å². The number of hydrogen-bond donors (Lipinski definition) is 1. The summed E-state index contributed by atoms with van der Waals surface area (Å²) in [4.78, 5) is 0. The van der Waals surface area contributed by atoms with Gasteiger partial charge in [-0.1, -0.05) is 40.0 Å². The van der Waals surface area contributed by atoms with E-state index in [9.17, 15) is 0 Å². The van der Waals surface area contributed by atoms with Crippen LogP contribution in [0.1, 0.15) is 85.0 Å². The lowest BCUT2D eigenvalue weighted by atomic mass is 9.83. The molecule has 20 heavy (non-hydrogen) atoms. The molecule has 3 unspecified atom stereocenters. The molecule has 0 aromatic rings. The molecule has 0 radical (unpaired) electrons. The molecule has 1 spiro atoms. The van der Waals surface area contributed by atoms with Gasteiger partial charge < -0.3 is 10.1 Å². The maximum Gasteiger partial charge on any atom is 0.0687 e. The molecule has 1 saturated carbocycles. The molecule has 1 aliphatic heterocycles. The molecule has 2 nitrogen and oxygen atoms in total. The summed E-state index contributed by atoms with van der Waals surface area (Å²) in [5, 5.41) is 3.71. The molecule has 0 aromatic heterocycles. The first-order chi connectivity index (χ1) is 9.69. The van der Waals surface area contributed by atoms with Gasteiger partial charge in [0.15, 0.2) is 0 Å². The molecule has 0 bridgehead atoms. The summed E-state index contributed by atoms with van der Waals surface area (Å²) in [6.07, 6.45) is 13.7. The Morgan fingerprint density at radius 1 is 1.15 bits per heavy atom. The highest BCUT2D eigenvalue weighted by Gasteiger charge is 2.41. The van der Waals surface area contributed by atoms with Crippen LogP contribution in [0.25, 0.3) is 0 Å². The van der Waals surface area contributed by atoms with Crippen molar-refractivity contribution in [1.82, 2.24) is 5.32 Å². The van der Waals surface area contributed by atoms with Crippen molar-refractivity contribution in [3.63, 3.8) is 0 Å². The quantitative estimate of drug-likeness (QED) is 0.732. The second kappa shape index (κ2) is 7.79. The third-order valence-electron chi connectivity index (χ3n) is 5.52. The highest BCUT2D eigenvalue weighted by Crippen LogP contribution is 2.43. The summed E-state index contributed by atoms with van der Waals surface area (Å²) in [6, 6.07) is 0.668. The average molecular weight is 281 g/mol. The van der Waals surface area contributed by atoms with Crippen LogP contribution < -0.4 is 5.32 Å². The normalized spacial score (nSPS) is 28.6. The van der Waals surface area contributed by atoms with Crippen LogP contribution in [0.5, 0.6) is 0 Å². The van der Waals surface area contributed by atoms with Crippen molar-refractivity contribution in [2.24, 2.45) is 5.92 Å². The SMILES string of the molecule is CCCNC(CC)C(C)CC1CCC2(CCCCC2)O1. The van der Waals surface area contributed by atoms with Gasteiger partial charge in [-0.3, -0.25) is 0 Å². The molecule has 118 valence electrons. The Morgan fingerprint density at radius 2 is 1.90 bits per heavy atom. The first-order valence-electron chi connectivity index (χ1n) is 9.10. The van der Waals surface area contributed by atoms with Crippen molar-refractivity contribution < 1.29 is 4.74 Å². The van der Waals surface area contributed by atoms with E-state index in [1.54, 1.807) is 0 Å². The second-order valence-electron chi connectivity index (χ2n) is 7.20. The van der Waals surface area contributed by atoms with Crippen LogP contribution in [0.4, 0.5) is 0 Å². The standard InChI is InChI=1S/C18H35NO/c1-4-13-19-17(5-2)15(3)14-16-9-12-18(20-16)10-7-6-8-11-18/h15-17,19H,4-14H2,1-3H3. The maximum atomic E-state index is 6.53. The first-order valence-corrected chi connectivity index (χ1v) is 9.10. The van der Waals surface area contributed by atoms with Gasteiger partial charge in [0.1, 0.15) is 0 Å². The second-order valence-corrected chi connectivity index (χ2v) is 7.20. The maximum absolute atomic E-state index is 6.53. The molecule has 0 aromatic carbocycles. The highest BCUT2D eigenvalue weighted by atomic mass is 16.5. The molecule has 1 heterocycles. The Bertz CT molecular complexity index is 273. The zero-order chi connectivity index (χ0) is 14.4. The number of nitrogens with one attached hydrogen (secondary N) is 1. The average Bonchev–Trinajstić information content (AvgIpc) is 2.83. The van der Waals surface area contributed by atoms with E-state index in [0.717, 1.165) is 12.5 Å². The van der Waals surface area contributed by atoms with E-state index in [0.29, 0.717) is 17.7 Å². The minimum atomic E-state index is 0.293. The van der Waals surface area contributed by atoms with E-state index in [2.05, 4.69) is 26.1 Å². The number of rotatable bonds is 7.